The van der Waals surface area contributed by atoms with Gasteiger partial charge in [0, 0.05) is 0 Å². The number of anilines is 2. The second-order valence-corrected chi connectivity index (χ2v) is 3.91. The summed E-state index contributed by atoms with van der Waals surface area (Å²) in [5.41, 5.74) is 14.8. The molecular formula is C14H17ClN2O2. The molecule has 19 heavy (non-hydrogen) atoms. The van der Waals surface area contributed by atoms with Crippen molar-refractivity contribution in [2.45, 2.75) is 0 Å². The zero-order chi connectivity index (χ0) is 13.1. The largest absolute Gasteiger partial charge is 0.495 e. The fraction of sp³-hybridized carbons (Fsp3) is 0.143. The first-order valence-electron chi connectivity index (χ1n) is 5.53. The van der Waals surface area contributed by atoms with Crippen molar-refractivity contribution in [1.29, 1.82) is 0 Å². The summed E-state index contributed by atoms with van der Waals surface area (Å²) in [6.45, 7) is 0. The fourth-order valence-electron chi connectivity index (χ4n) is 1.78. The van der Waals surface area contributed by atoms with Crippen LogP contribution in [0.2, 0.25) is 0 Å². The Bertz CT molecular complexity index is 522. The van der Waals surface area contributed by atoms with E-state index in [1.165, 1.54) is 0 Å². The Morgan fingerprint density at radius 2 is 1.11 bits per heavy atom. The summed E-state index contributed by atoms with van der Waals surface area (Å²) in [6.07, 6.45) is 0. The molecular weight excluding hydrogens is 264 g/mol. The molecule has 0 atom stereocenters. The van der Waals surface area contributed by atoms with Gasteiger partial charge in [0.25, 0.3) is 0 Å². The number of nitrogens with two attached hydrogens (primary N) is 2. The standard InChI is InChI=1S/C14H16N2O2.ClH/c1-17-13-7-9(3-5-11(13)15)10-4-6-12(16)14(8-10)18-2;/h3-8H,15-16H2,1-2H3;1H. The molecule has 0 spiro atoms. The molecule has 5 heteroatoms. The molecule has 2 aromatic carbocycles. The van der Waals surface area contributed by atoms with Crippen LogP contribution in [-0.4, -0.2) is 14.2 Å². The number of hydrogen-bond donors (Lipinski definition) is 2. The van der Waals surface area contributed by atoms with E-state index in [2.05, 4.69) is 0 Å². The molecule has 2 rings (SSSR count). The summed E-state index contributed by atoms with van der Waals surface area (Å²) in [4.78, 5) is 0. The van der Waals surface area contributed by atoms with Crippen LogP contribution in [0.1, 0.15) is 0 Å². The predicted octanol–water partition coefficient (Wildman–Crippen LogP) is 2.96. The molecule has 0 saturated carbocycles. The SMILES string of the molecule is COc1cc(-c2ccc(N)c(OC)c2)ccc1N.Cl. The maximum atomic E-state index is 5.79. The first-order chi connectivity index (χ1) is 8.65. The number of ether oxygens (including phenoxy) is 2. The van der Waals surface area contributed by atoms with Crippen LogP contribution < -0.4 is 20.9 Å². The third-order valence-electron chi connectivity index (χ3n) is 2.80. The zero-order valence-electron chi connectivity index (χ0n) is 10.8. The van der Waals surface area contributed by atoms with E-state index >= 15 is 0 Å². The van der Waals surface area contributed by atoms with Gasteiger partial charge >= 0.3 is 0 Å². The number of benzene rings is 2. The summed E-state index contributed by atoms with van der Waals surface area (Å²) in [5.74, 6) is 1.31. The summed E-state index contributed by atoms with van der Waals surface area (Å²) < 4.78 is 10.4. The minimum absolute atomic E-state index is 0. The van der Waals surface area contributed by atoms with Crippen molar-refractivity contribution in [2.75, 3.05) is 25.7 Å². The molecule has 0 fully saturated rings. The van der Waals surface area contributed by atoms with Gasteiger partial charge in [-0.2, -0.15) is 0 Å². The van der Waals surface area contributed by atoms with Crippen molar-refractivity contribution in [3.63, 3.8) is 0 Å². The van der Waals surface area contributed by atoms with Gasteiger partial charge in [0.15, 0.2) is 0 Å². The van der Waals surface area contributed by atoms with Crippen LogP contribution in [-0.2, 0) is 0 Å². The smallest absolute Gasteiger partial charge is 0.142 e. The van der Waals surface area contributed by atoms with Gasteiger partial charge < -0.3 is 20.9 Å². The average molecular weight is 281 g/mol. The lowest BCUT2D eigenvalue weighted by Gasteiger charge is -2.10. The number of nitrogen functional groups attached to an aromatic ring is 2. The fourth-order valence-corrected chi connectivity index (χ4v) is 1.78. The zero-order valence-corrected chi connectivity index (χ0v) is 11.7. The van der Waals surface area contributed by atoms with Gasteiger partial charge in [0.05, 0.1) is 25.6 Å². The predicted molar refractivity (Wildman–Crippen MR) is 81.1 cm³/mol. The van der Waals surface area contributed by atoms with E-state index < -0.39 is 0 Å². The Morgan fingerprint density at radius 3 is 1.42 bits per heavy atom. The summed E-state index contributed by atoms with van der Waals surface area (Å²) in [5, 5.41) is 0. The van der Waals surface area contributed by atoms with Crippen molar-refractivity contribution >= 4 is 23.8 Å². The van der Waals surface area contributed by atoms with E-state index in [1.54, 1.807) is 14.2 Å². The minimum atomic E-state index is 0. The van der Waals surface area contributed by atoms with Crippen LogP contribution in [0.25, 0.3) is 11.1 Å². The molecule has 102 valence electrons. The van der Waals surface area contributed by atoms with Crippen molar-refractivity contribution in [2.24, 2.45) is 0 Å². The van der Waals surface area contributed by atoms with E-state index in [-0.39, 0.29) is 12.4 Å². The van der Waals surface area contributed by atoms with Crippen LogP contribution in [0.15, 0.2) is 36.4 Å². The van der Waals surface area contributed by atoms with Gasteiger partial charge in [-0.25, -0.2) is 0 Å². The highest BCUT2D eigenvalue weighted by Crippen LogP contribution is 2.32. The lowest BCUT2D eigenvalue weighted by molar-refractivity contribution is 0.416. The number of halogens is 1. The summed E-state index contributed by atoms with van der Waals surface area (Å²) in [6, 6.07) is 11.3. The van der Waals surface area contributed by atoms with Gasteiger partial charge in [0.1, 0.15) is 11.5 Å². The normalized spacial score (nSPS) is 9.58. The molecule has 2 aromatic rings. The van der Waals surface area contributed by atoms with Crippen LogP contribution in [0.3, 0.4) is 0 Å². The Hall–Kier alpha value is -2.07. The van der Waals surface area contributed by atoms with E-state index in [1.807, 2.05) is 36.4 Å². The highest BCUT2D eigenvalue weighted by atomic mass is 35.5. The van der Waals surface area contributed by atoms with Crippen LogP contribution in [0.4, 0.5) is 11.4 Å². The highest BCUT2D eigenvalue weighted by Gasteiger charge is 2.06. The second-order valence-electron chi connectivity index (χ2n) is 3.91. The maximum absolute atomic E-state index is 5.79. The van der Waals surface area contributed by atoms with Crippen molar-refractivity contribution in [3.8, 4) is 22.6 Å². The van der Waals surface area contributed by atoms with Crippen molar-refractivity contribution < 1.29 is 9.47 Å². The van der Waals surface area contributed by atoms with Crippen molar-refractivity contribution in [1.82, 2.24) is 0 Å². The highest BCUT2D eigenvalue weighted by molar-refractivity contribution is 5.85. The molecule has 0 aliphatic carbocycles. The van der Waals surface area contributed by atoms with E-state index in [4.69, 9.17) is 20.9 Å². The van der Waals surface area contributed by atoms with E-state index in [0.717, 1.165) is 11.1 Å². The molecule has 4 N–H and O–H groups in total. The van der Waals surface area contributed by atoms with Gasteiger partial charge in [-0.3, -0.25) is 0 Å². The average Bonchev–Trinajstić information content (AvgIpc) is 2.40. The van der Waals surface area contributed by atoms with Crippen LogP contribution >= 0.6 is 12.4 Å². The Labute approximate surface area is 118 Å². The van der Waals surface area contributed by atoms with Gasteiger partial charge in [0.2, 0.25) is 0 Å². The van der Waals surface area contributed by atoms with Crippen molar-refractivity contribution in [3.05, 3.63) is 36.4 Å². The topological polar surface area (TPSA) is 70.5 Å². The second kappa shape index (κ2) is 6.20. The van der Waals surface area contributed by atoms with E-state index in [0.29, 0.717) is 22.9 Å². The molecule has 0 aromatic heterocycles. The lowest BCUT2D eigenvalue weighted by atomic mass is 10.0. The molecule has 4 nitrogen and oxygen atoms in total. The number of methoxy groups -OCH3 is 2. The first-order valence-corrected chi connectivity index (χ1v) is 5.53. The molecule has 0 unspecified atom stereocenters. The maximum Gasteiger partial charge on any atom is 0.142 e. The summed E-state index contributed by atoms with van der Waals surface area (Å²) in [7, 11) is 3.19. The molecule has 0 aliphatic rings. The van der Waals surface area contributed by atoms with Gasteiger partial charge in [-0.05, 0) is 35.4 Å². The molecule has 0 heterocycles. The molecule has 0 saturated heterocycles. The third kappa shape index (κ3) is 3.03. The summed E-state index contributed by atoms with van der Waals surface area (Å²) >= 11 is 0. The third-order valence-corrected chi connectivity index (χ3v) is 2.80. The quantitative estimate of drug-likeness (QED) is 0.848. The van der Waals surface area contributed by atoms with Gasteiger partial charge in [-0.1, -0.05) is 12.1 Å². The Morgan fingerprint density at radius 1 is 0.737 bits per heavy atom. The van der Waals surface area contributed by atoms with E-state index in [9.17, 15) is 0 Å². The molecule has 0 bridgehead atoms. The Kier molecular flexibility index (Phi) is 4.89. The number of rotatable bonds is 3. The first kappa shape index (κ1) is 15.0. The number of hydrogen-bond acceptors (Lipinski definition) is 4. The van der Waals surface area contributed by atoms with Crippen LogP contribution in [0.5, 0.6) is 11.5 Å². The molecule has 0 amide bonds. The van der Waals surface area contributed by atoms with Gasteiger partial charge in [-0.15, -0.1) is 12.4 Å². The van der Waals surface area contributed by atoms with Crippen LogP contribution in [0, 0.1) is 0 Å². The molecule has 0 aliphatic heterocycles. The monoisotopic (exact) mass is 280 g/mol. The lowest BCUT2D eigenvalue weighted by Crippen LogP contribution is -1.94. The Balaban J connectivity index is 0.00000180. The minimum Gasteiger partial charge on any atom is -0.495 e. The molecule has 0 radical (unpaired) electrons.